The number of benzene rings is 2. The van der Waals surface area contributed by atoms with Crippen molar-refractivity contribution in [3.05, 3.63) is 89.0 Å². The summed E-state index contributed by atoms with van der Waals surface area (Å²) in [5.41, 5.74) is 5.94. The fourth-order valence-corrected chi connectivity index (χ4v) is 5.30. The van der Waals surface area contributed by atoms with E-state index in [4.69, 9.17) is 29.4 Å². The van der Waals surface area contributed by atoms with Crippen molar-refractivity contribution in [2.24, 2.45) is 5.73 Å². The minimum atomic E-state index is -1.17. The Morgan fingerprint density at radius 3 is 2.48 bits per heavy atom. The Bertz CT molecular complexity index is 1880. The highest BCUT2D eigenvalue weighted by atomic mass is 19.1. The van der Waals surface area contributed by atoms with Crippen molar-refractivity contribution >= 4 is 34.8 Å². The van der Waals surface area contributed by atoms with Gasteiger partial charge in [0.05, 0.1) is 18.7 Å². The SMILES string of the molecule is CCOCOc1ccc(OC)c(F)c1C(=O)c1ccc(C(=O)N[C@@H]2CN(C(=O)OC(C)(C)COC(=O)c3ccnc4[nH]ccc34)C[C@H]2N)cc1. The topological polar surface area (TPSA) is 184 Å². The number of hydrogen-bond acceptors (Lipinski definition) is 11. The zero-order valence-electron chi connectivity index (χ0n) is 28.0. The molecule has 5 rings (SSSR count). The van der Waals surface area contributed by atoms with Crippen LogP contribution in [-0.2, 0) is 14.2 Å². The molecule has 0 spiro atoms. The molecule has 0 saturated carbocycles. The second-order valence-electron chi connectivity index (χ2n) is 12.1. The summed E-state index contributed by atoms with van der Waals surface area (Å²) in [6.45, 7) is 5.13. The monoisotopic (exact) mass is 691 g/mol. The largest absolute Gasteiger partial charge is 0.494 e. The number of aromatic amines is 1. The van der Waals surface area contributed by atoms with Crippen LogP contribution in [0.15, 0.2) is 60.9 Å². The van der Waals surface area contributed by atoms with Crippen molar-refractivity contribution in [3.63, 3.8) is 0 Å². The Labute approximate surface area is 287 Å². The molecule has 1 saturated heterocycles. The maximum atomic E-state index is 15.2. The summed E-state index contributed by atoms with van der Waals surface area (Å²) in [7, 11) is 1.28. The molecule has 14 nitrogen and oxygen atoms in total. The van der Waals surface area contributed by atoms with E-state index in [0.29, 0.717) is 23.2 Å². The number of methoxy groups -OCH3 is 1. The summed E-state index contributed by atoms with van der Waals surface area (Å²) in [6.07, 6.45) is 2.47. The Kier molecular flexibility index (Phi) is 11.0. The Morgan fingerprint density at radius 2 is 1.76 bits per heavy atom. The van der Waals surface area contributed by atoms with Gasteiger partial charge in [0.2, 0.25) is 0 Å². The molecule has 0 radical (unpaired) electrons. The number of fused-ring (bicyclic) bond motifs is 1. The summed E-state index contributed by atoms with van der Waals surface area (Å²) >= 11 is 0. The van der Waals surface area contributed by atoms with Gasteiger partial charge in [-0.05, 0) is 57.2 Å². The van der Waals surface area contributed by atoms with Crippen LogP contribution in [0.4, 0.5) is 9.18 Å². The van der Waals surface area contributed by atoms with Gasteiger partial charge in [0.1, 0.15) is 29.2 Å². The van der Waals surface area contributed by atoms with E-state index in [1.807, 2.05) is 0 Å². The molecule has 0 unspecified atom stereocenters. The molecular weight excluding hydrogens is 653 g/mol. The van der Waals surface area contributed by atoms with Crippen LogP contribution < -0.4 is 20.5 Å². The number of carbonyl (C=O) groups excluding carboxylic acids is 4. The van der Waals surface area contributed by atoms with Gasteiger partial charge in [0.25, 0.3) is 5.91 Å². The van der Waals surface area contributed by atoms with Gasteiger partial charge in [-0.3, -0.25) is 9.59 Å². The molecule has 0 bridgehead atoms. The van der Waals surface area contributed by atoms with Crippen molar-refractivity contribution in [3.8, 4) is 11.5 Å². The molecule has 3 heterocycles. The van der Waals surface area contributed by atoms with Crippen molar-refractivity contribution in [1.82, 2.24) is 20.2 Å². The molecule has 1 aliphatic heterocycles. The highest BCUT2D eigenvalue weighted by Gasteiger charge is 2.37. The minimum absolute atomic E-state index is 0.0190. The van der Waals surface area contributed by atoms with Crippen molar-refractivity contribution in [2.75, 3.05) is 40.2 Å². The number of halogens is 1. The quantitative estimate of drug-likeness (QED) is 0.0802. The molecule has 15 heteroatoms. The van der Waals surface area contributed by atoms with E-state index in [-0.39, 0.29) is 54.7 Å². The number of nitrogens with one attached hydrogen (secondary N) is 2. The van der Waals surface area contributed by atoms with Crippen LogP contribution in [0.1, 0.15) is 57.4 Å². The lowest BCUT2D eigenvalue weighted by molar-refractivity contribution is -0.0320. The maximum absolute atomic E-state index is 15.2. The highest BCUT2D eigenvalue weighted by molar-refractivity contribution is 6.11. The number of amides is 2. The van der Waals surface area contributed by atoms with Gasteiger partial charge >= 0.3 is 12.1 Å². The molecule has 4 N–H and O–H groups in total. The standard InChI is InChI=1S/C35H38FN5O9/c1-5-47-19-49-26-10-11-27(46-4)29(36)28(26)30(42)20-6-8-21(9-7-20)32(43)40-25-17-41(16-24(25)37)34(45)50-35(2,3)18-48-33(44)23-13-15-39-31-22(23)12-14-38-31/h6-15,24-25H,5,16-19,37H2,1-4H3,(H,38,39)(H,40,43)/t24-,25-/m1/s1. The van der Waals surface area contributed by atoms with Crippen LogP contribution in [0.25, 0.3) is 11.0 Å². The number of pyridine rings is 1. The van der Waals surface area contributed by atoms with Crippen LogP contribution in [0.2, 0.25) is 0 Å². The smallest absolute Gasteiger partial charge is 0.410 e. The predicted octanol–water partition coefficient (Wildman–Crippen LogP) is 3.83. The number of ketones is 1. The fourth-order valence-electron chi connectivity index (χ4n) is 5.30. The first-order valence-electron chi connectivity index (χ1n) is 15.8. The van der Waals surface area contributed by atoms with E-state index in [2.05, 4.69) is 15.3 Å². The Balaban J connectivity index is 1.16. The molecule has 1 fully saturated rings. The van der Waals surface area contributed by atoms with Gasteiger partial charge < -0.3 is 44.6 Å². The number of ether oxygens (including phenoxy) is 5. The van der Waals surface area contributed by atoms with E-state index in [0.717, 1.165) is 0 Å². The molecule has 2 aromatic heterocycles. The van der Waals surface area contributed by atoms with E-state index < -0.39 is 47.3 Å². The van der Waals surface area contributed by atoms with Crippen LogP contribution in [0, 0.1) is 5.82 Å². The molecule has 2 amide bonds. The molecule has 0 aliphatic carbocycles. The summed E-state index contributed by atoms with van der Waals surface area (Å²) in [5.74, 6) is -2.81. The van der Waals surface area contributed by atoms with E-state index in [1.165, 1.54) is 54.6 Å². The van der Waals surface area contributed by atoms with E-state index >= 15 is 4.39 Å². The van der Waals surface area contributed by atoms with E-state index in [1.54, 1.807) is 39.1 Å². The number of aromatic nitrogens is 2. The number of H-pyrrole nitrogens is 1. The van der Waals surface area contributed by atoms with Crippen molar-refractivity contribution in [1.29, 1.82) is 0 Å². The molecule has 264 valence electrons. The lowest BCUT2D eigenvalue weighted by Crippen LogP contribution is -2.46. The van der Waals surface area contributed by atoms with Gasteiger partial charge in [0, 0.05) is 54.6 Å². The summed E-state index contributed by atoms with van der Waals surface area (Å²) in [4.78, 5) is 60.7. The number of hydrogen-bond donors (Lipinski definition) is 3. The summed E-state index contributed by atoms with van der Waals surface area (Å²) < 4.78 is 42.0. The van der Waals surface area contributed by atoms with Gasteiger partial charge in [-0.15, -0.1) is 0 Å². The van der Waals surface area contributed by atoms with E-state index in [9.17, 15) is 19.2 Å². The van der Waals surface area contributed by atoms with Gasteiger partial charge in [-0.2, -0.15) is 0 Å². The first-order valence-corrected chi connectivity index (χ1v) is 15.8. The lowest BCUT2D eigenvalue weighted by atomic mass is 10.00. The van der Waals surface area contributed by atoms with Crippen LogP contribution in [-0.4, -0.2) is 96.5 Å². The zero-order valence-corrected chi connectivity index (χ0v) is 28.0. The average molecular weight is 692 g/mol. The van der Waals surface area contributed by atoms with Gasteiger partial charge in [-0.25, -0.2) is 19.0 Å². The summed E-state index contributed by atoms with van der Waals surface area (Å²) in [6, 6.07) is 10.4. The van der Waals surface area contributed by atoms with Gasteiger partial charge in [-0.1, -0.05) is 12.1 Å². The number of nitrogens with two attached hydrogens (primary N) is 1. The average Bonchev–Trinajstić information content (AvgIpc) is 3.73. The molecule has 2 aromatic carbocycles. The molecule has 4 aromatic rings. The Morgan fingerprint density at radius 1 is 1.04 bits per heavy atom. The Hall–Kier alpha value is -5.54. The van der Waals surface area contributed by atoms with Crippen LogP contribution in [0.5, 0.6) is 11.5 Å². The fraction of sp³-hybridized carbons (Fsp3) is 0.343. The normalized spacial score (nSPS) is 15.8. The third kappa shape index (κ3) is 8.01. The highest BCUT2D eigenvalue weighted by Crippen LogP contribution is 2.31. The molecule has 2 atom stereocenters. The number of esters is 1. The first-order chi connectivity index (χ1) is 23.9. The summed E-state index contributed by atoms with van der Waals surface area (Å²) in [5, 5.41) is 3.43. The lowest BCUT2D eigenvalue weighted by Gasteiger charge is -2.27. The minimum Gasteiger partial charge on any atom is -0.494 e. The molecular formula is C35H38FN5O9. The van der Waals surface area contributed by atoms with Crippen LogP contribution in [0.3, 0.4) is 0 Å². The van der Waals surface area contributed by atoms with Crippen molar-refractivity contribution < 1.29 is 47.3 Å². The number of rotatable bonds is 13. The third-order valence-corrected chi connectivity index (χ3v) is 7.96. The maximum Gasteiger partial charge on any atom is 0.410 e. The second-order valence-corrected chi connectivity index (χ2v) is 12.1. The molecule has 1 aliphatic rings. The van der Waals surface area contributed by atoms with Gasteiger partial charge in [0.15, 0.2) is 24.1 Å². The van der Waals surface area contributed by atoms with Crippen molar-refractivity contribution in [2.45, 2.75) is 38.5 Å². The number of nitrogens with zero attached hydrogens (tertiary/aromatic N) is 2. The first kappa shape index (κ1) is 35.8. The second kappa shape index (κ2) is 15.3. The molecule has 50 heavy (non-hydrogen) atoms. The number of likely N-dealkylation sites (tertiary alicyclic amines) is 1. The zero-order chi connectivity index (χ0) is 36.0. The predicted molar refractivity (Wildman–Crippen MR) is 178 cm³/mol. The third-order valence-electron chi connectivity index (χ3n) is 7.96. The number of carbonyl (C=O) groups is 4. The van der Waals surface area contributed by atoms with Crippen LogP contribution >= 0.6 is 0 Å².